The van der Waals surface area contributed by atoms with Crippen LogP contribution in [0, 0.1) is 13.8 Å². The van der Waals surface area contributed by atoms with Crippen molar-refractivity contribution in [3.8, 4) is 0 Å². The Hall–Kier alpha value is -2.38. The van der Waals surface area contributed by atoms with Crippen LogP contribution < -0.4 is 5.32 Å². The van der Waals surface area contributed by atoms with Gasteiger partial charge in [-0.15, -0.1) is 21.5 Å². The molecule has 0 bridgehead atoms. The lowest BCUT2D eigenvalue weighted by atomic mass is 10.2. The van der Waals surface area contributed by atoms with Crippen molar-refractivity contribution in [3.05, 3.63) is 53.2 Å². The summed E-state index contributed by atoms with van der Waals surface area (Å²) < 4.78 is 3.32. The van der Waals surface area contributed by atoms with E-state index in [1.807, 2.05) is 45.0 Å². The number of fused-ring (bicyclic) bond motifs is 3. The van der Waals surface area contributed by atoms with Crippen LogP contribution in [0.25, 0.3) is 15.7 Å². The highest BCUT2D eigenvalue weighted by Gasteiger charge is 2.22. The molecule has 0 aliphatic heterocycles. The van der Waals surface area contributed by atoms with E-state index in [1.165, 1.54) is 16.5 Å². The summed E-state index contributed by atoms with van der Waals surface area (Å²) in [6.45, 7) is 5.96. The summed E-state index contributed by atoms with van der Waals surface area (Å²) >= 11 is 3.18. The van der Waals surface area contributed by atoms with Gasteiger partial charge in [-0.3, -0.25) is 9.20 Å². The first kappa shape index (κ1) is 18.0. The van der Waals surface area contributed by atoms with E-state index in [9.17, 15) is 4.79 Å². The van der Waals surface area contributed by atoms with Crippen LogP contribution in [0.4, 0.5) is 5.69 Å². The van der Waals surface area contributed by atoms with E-state index in [1.54, 1.807) is 11.3 Å². The van der Waals surface area contributed by atoms with E-state index in [0.29, 0.717) is 6.42 Å². The Balaban J connectivity index is 1.64. The molecule has 1 amide bonds. The Labute approximate surface area is 165 Å². The van der Waals surface area contributed by atoms with Crippen LogP contribution in [-0.4, -0.2) is 25.8 Å². The summed E-state index contributed by atoms with van der Waals surface area (Å²) in [7, 11) is 0. The number of hydrogen-bond donors (Lipinski definition) is 1. The maximum absolute atomic E-state index is 12.8. The summed E-state index contributed by atoms with van der Waals surface area (Å²) in [6, 6.07) is 12.0. The second-order valence-electron chi connectivity index (χ2n) is 6.41. The molecule has 4 rings (SSSR count). The van der Waals surface area contributed by atoms with Crippen molar-refractivity contribution in [1.82, 2.24) is 14.6 Å². The summed E-state index contributed by atoms with van der Waals surface area (Å²) in [6.07, 6.45) is 0.708. The maximum atomic E-state index is 12.8. The van der Waals surface area contributed by atoms with Crippen LogP contribution in [0.2, 0.25) is 0 Å². The van der Waals surface area contributed by atoms with Crippen molar-refractivity contribution >= 4 is 50.4 Å². The lowest BCUT2D eigenvalue weighted by molar-refractivity contribution is -0.115. The second kappa shape index (κ2) is 7.32. The molecule has 0 fully saturated rings. The van der Waals surface area contributed by atoms with Gasteiger partial charge in [0.2, 0.25) is 5.91 Å². The molecular weight excluding hydrogens is 376 g/mol. The number of hydrogen-bond acceptors (Lipinski definition) is 5. The number of carbonyl (C=O) groups excluding carboxylic acids is 1. The van der Waals surface area contributed by atoms with Crippen LogP contribution in [0.3, 0.4) is 0 Å². The Morgan fingerprint density at radius 1 is 1.22 bits per heavy atom. The minimum atomic E-state index is -0.238. The Morgan fingerprint density at radius 2 is 2.04 bits per heavy atom. The van der Waals surface area contributed by atoms with Gasteiger partial charge in [-0.1, -0.05) is 36.9 Å². The molecule has 0 spiro atoms. The maximum Gasteiger partial charge on any atom is 0.237 e. The number of nitrogens with one attached hydrogen (secondary N) is 1. The van der Waals surface area contributed by atoms with Crippen LogP contribution in [-0.2, 0) is 4.79 Å². The van der Waals surface area contributed by atoms with Gasteiger partial charge < -0.3 is 5.32 Å². The summed E-state index contributed by atoms with van der Waals surface area (Å²) in [4.78, 5) is 12.8. The average molecular weight is 397 g/mol. The van der Waals surface area contributed by atoms with E-state index < -0.39 is 0 Å². The second-order valence-corrected chi connectivity index (χ2v) is 8.55. The zero-order valence-corrected chi connectivity index (χ0v) is 17.0. The third-order valence-electron chi connectivity index (χ3n) is 4.57. The molecule has 0 aliphatic carbocycles. The molecular formula is C20H20N4OS2. The molecule has 0 radical (unpaired) electrons. The van der Waals surface area contributed by atoms with E-state index in [-0.39, 0.29) is 11.2 Å². The molecule has 5 nitrogen and oxygen atoms in total. The molecule has 4 aromatic rings. The SMILES string of the molecule is CC[C@@H](Sc1nnc(C)n2c1cc1sccc12)C(=O)Nc1ccccc1C. The lowest BCUT2D eigenvalue weighted by Crippen LogP contribution is -2.25. The predicted octanol–water partition coefficient (Wildman–Crippen LogP) is 5.07. The zero-order valence-electron chi connectivity index (χ0n) is 15.4. The smallest absolute Gasteiger partial charge is 0.237 e. The molecule has 1 atom stereocenters. The quantitative estimate of drug-likeness (QED) is 0.479. The number of nitrogens with zero attached hydrogens (tertiary/aromatic N) is 3. The molecule has 138 valence electrons. The largest absolute Gasteiger partial charge is 0.325 e. The standard InChI is InChI=1S/C20H20N4OS2/c1-4-17(19(25)21-14-8-6-5-7-12(14)2)27-20-16-11-18-15(9-10-26-18)24(16)13(3)22-23-20/h5-11,17H,4H2,1-3H3,(H,21,25)/t17-/m1/s1. The molecule has 3 aromatic heterocycles. The van der Waals surface area contributed by atoms with Gasteiger partial charge in [0.25, 0.3) is 0 Å². The average Bonchev–Trinajstić information content (AvgIpc) is 3.24. The van der Waals surface area contributed by atoms with E-state index in [4.69, 9.17) is 0 Å². The lowest BCUT2D eigenvalue weighted by Gasteiger charge is -2.16. The molecule has 1 aromatic carbocycles. The third-order valence-corrected chi connectivity index (χ3v) is 6.77. The van der Waals surface area contributed by atoms with Crippen molar-refractivity contribution in [2.75, 3.05) is 5.32 Å². The van der Waals surface area contributed by atoms with Gasteiger partial charge in [0.05, 0.1) is 21.0 Å². The summed E-state index contributed by atoms with van der Waals surface area (Å²) in [5.41, 5.74) is 4.05. The number of thioether (sulfide) groups is 1. The van der Waals surface area contributed by atoms with Crippen molar-refractivity contribution in [2.24, 2.45) is 0 Å². The minimum absolute atomic E-state index is 0.00862. The molecule has 7 heteroatoms. The van der Waals surface area contributed by atoms with Crippen LogP contribution in [0.1, 0.15) is 24.7 Å². The topological polar surface area (TPSA) is 59.3 Å². The van der Waals surface area contributed by atoms with Crippen LogP contribution in [0.5, 0.6) is 0 Å². The van der Waals surface area contributed by atoms with Crippen molar-refractivity contribution < 1.29 is 4.79 Å². The Kier molecular flexibility index (Phi) is 4.88. The number of thiophene rings is 1. The van der Waals surface area contributed by atoms with Gasteiger partial charge in [0.15, 0.2) is 0 Å². The van der Waals surface area contributed by atoms with Crippen molar-refractivity contribution in [3.63, 3.8) is 0 Å². The zero-order chi connectivity index (χ0) is 19.0. The molecule has 3 heterocycles. The number of anilines is 1. The highest BCUT2D eigenvalue weighted by Crippen LogP contribution is 2.33. The van der Waals surface area contributed by atoms with Crippen molar-refractivity contribution in [1.29, 1.82) is 0 Å². The van der Waals surface area contributed by atoms with Crippen LogP contribution >= 0.6 is 23.1 Å². The van der Waals surface area contributed by atoms with Gasteiger partial charge in [0, 0.05) is 5.69 Å². The van der Waals surface area contributed by atoms with Gasteiger partial charge in [-0.25, -0.2) is 0 Å². The van der Waals surface area contributed by atoms with Gasteiger partial charge >= 0.3 is 0 Å². The number of para-hydroxylation sites is 1. The summed E-state index contributed by atoms with van der Waals surface area (Å²) in [5.74, 6) is 0.839. The fourth-order valence-electron chi connectivity index (χ4n) is 3.11. The first-order valence-electron chi connectivity index (χ1n) is 8.83. The molecule has 1 N–H and O–H groups in total. The van der Waals surface area contributed by atoms with Gasteiger partial charge in [0.1, 0.15) is 10.9 Å². The highest BCUT2D eigenvalue weighted by molar-refractivity contribution is 8.00. The normalized spacial score (nSPS) is 12.6. The molecule has 0 saturated carbocycles. The molecule has 0 unspecified atom stereocenters. The number of aromatic nitrogens is 3. The van der Waals surface area contributed by atoms with Crippen molar-refractivity contribution in [2.45, 2.75) is 37.5 Å². The fourth-order valence-corrected chi connectivity index (χ4v) is 4.88. The first-order valence-corrected chi connectivity index (χ1v) is 10.6. The van der Waals surface area contributed by atoms with Gasteiger partial charge in [-0.2, -0.15) is 0 Å². The predicted molar refractivity (Wildman–Crippen MR) is 113 cm³/mol. The third kappa shape index (κ3) is 3.33. The first-order chi connectivity index (χ1) is 13.1. The number of carbonyl (C=O) groups is 1. The summed E-state index contributed by atoms with van der Waals surface area (Å²) in [5, 5.41) is 14.4. The van der Waals surface area contributed by atoms with Gasteiger partial charge in [-0.05, 0) is 49.4 Å². The minimum Gasteiger partial charge on any atom is -0.325 e. The Morgan fingerprint density at radius 3 is 2.81 bits per heavy atom. The monoisotopic (exact) mass is 396 g/mol. The van der Waals surface area contributed by atoms with Crippen LogP contribution in [0.15, 0.2) is 46.8 Å². The number of rotatable bonds is 5. The number of aryl methyl sites for hydroxylation is 2. The highest BCUT2D eigenvalue weighted by atomic mass is 32.2. The van der Waals surface area contributed by atoms with E-state index in [2.05, 4.69) is 37.4 Å². The van der Waals surface area contributed by atoms with E-state index in [0.717, 1.165) is 33.1 Å². The number of amides is 1. The molecule has 27 heavy (non-hydrogen) atoms. The molecule has 0 aliphatic rings. The fraction of sp³-hybridized carbons (Fsp3) is 0.250. The van der Waals surface area contributed by atoms with E-state index >= 15 is 0 Å². The molecule has 0 saturated heterocycles. The number of benzene rings is 1. The Bertz CT molecular complexity index is 1130.